The third kappa shape index (κ3) is 14.4. The van der Waals surface area contributed by atoms with Crippen LogP contribution in [0.1, 0.15) is 41.4 Å². The maximum absolute atomic E-state index is 10.6. The van der Waals surface area contributed by atoms with Crippen LogP contribution in [-0.4, -0.2) is 52.1 Å². The molecule has 0 radical (unpaired) electrons. The van der Waals surface area contributed by atoms with Crippen LogP contribution in [0.3, 0.4) is 0 Å². The van der Waals surface area contributed by atoms with Crippen molar-refractivity contribution < 1.29 is 81.7 Å². The fraction of sp³-hybridized carbons (Fsp3) is 0.286. The molecular formula is C14H18N4O8Pt2. The maximum Gasteiger partial charge on any atom is 4.00 e. The Labute approximate surface area is 190 Å². The van der Waals surface area contributed by atoms with Gasteiger partial charge in [-0.15, -0.1) is 0 Å². The van der Waals surface area contributed by atoms with E-state index in [-0.39, 0.29) is 42.1 Å². The van der Waals surface area contributed by atoms with Crippen LogP contribution in [0.25, 0.3) is 22.9 Å². The summed E-state index contributed by atoms with van der Waals surface area (Å²) in [5, 5.41) is 42.4. The van der Waals surface area contributed by atoms with Gasteiger partial charge in [-0.05, 0) is 12.1 Å². The van der Waals surface area contributed by atoms with Gasteiger partial charge in [0.1, 0.15) is 0 Å². The molecule has 162 valence electrons. The molecule has 4 N–H and O–H groups in total. The van der Waals surface area contributed by atoms with Crippen molar-refractivity contribution in [2.45, 2.75) is 0 Å². The second-order valence-corrected chi connectivity index (χ2v) is 3.09. The Kier molecular flexibility index (Phi) is 36.9. The van der Waals surface area contributed by atoms with Crippen molar-refractivity contribution in [2.75, 3.05) is 28.2 Å². The molecule has 0 aliphatic heterocycles. The van der Waals surface area contributed by atoms with Gasteiger partial charge in [-0.1, -0.05) is 0 Å². The minimum Gasteiger partial charge on any atom is -0.680 e. The van der Waals surface area contributed by atoms with Crippen molar-refractivity contribution >= 4 is 23.9 Å². The topological polar surface area (TPSA) is 256 Å². The van der Waals surface area contributed by atoms with Gasteiger partial charge in [-0.2, -0.15) is 28.2 Å². The van der Waals surface area contributed by atoms with E-state index in [2.05, 4.69) is 0 Å². The molecule has 0 aromatic heterocycles. The first kappa shape index (κ1) is 40.9. The van der Waals surface area contributed by atoms with E-state index >= 15 is 0 Å². The summed E-state index contributed by atoms with van der Waals surface area (Å²) in [6, 6.07) is 0.613. The van der Waals surface area contributed by atoms with Crippen molar-refractivity contribution in [3.8, 4) is 0 Å². The Morgan fingerprint density at radius 2 is 0.607 bits per heavy atom. The summed E-state index contributed by atoms with van der Waals surface area (Å²) >= 11 is 0. The van der Waals surface area contributed by atoms with E-state index in [1.165, 1.54) is 28.2 Å². The number of hydrogen-bond acceptors (Lipinski definition) is 8. The summed E-state index contributed by atoms with van der Waals surface area (Å²) in [5.74, 6) is -7.99. The number of carbonyl (C=O) groups is 4. The van der Waals surface area contributed by atoms with Gasteiger partial charge < -0.3 is 62.5 Å². The average Bonchev–Trinajstić information content (AvgIpc) is 2.66. The zero-order valence-corrected chi connectivity index (χ0v) is 19.6. The Bertz CT molecular complexity index is 503. The van der Waals surface area contributed by atoms with Crippen LogP contribution in [0.4, 0.5) is 0 Å². The van der Waals surface area contributed by atoms with Gasteiger partial charge in [-0.25, -0.2) is 0 Å². The molecule has 0 saturated heterocycles. The Balaban J connectivity index is -0.000000107. The van der Waals surface area contributed by atoms with Gasteiger partial charge in [-0.3, -0.25) is 0 Å². The Morgan fingerprint density at radius 1 is 0.500 bits per heavy atom. The largest absolute Gasteiger partial charge is 4.00 e. The minimum absolute atomic E-state index is 0. The minimum atomic E-state index is -2.00. The molecule has 1 aromatic carbocycles. The molecule has 0 bridgehead atoms. The molecule has 28 heavy (non-hydrogen) atoms. The number of benzene rings is 1. The molecular weight excluding hydrogens is 742 g/mol. The van der Waals surface area contributed by atoms with Crippen molar-refractivity contribution in [3.05, 3.63) is 57.3 Å². The molecule has 14 heteroatoms. The quantitative estimate of drug-likeness (QED) is 0.325. The zero-order chi connectivity index (χ0) is 22.0. The summed E-state index contributed by atoms with van der Waals surface area (Å²) in [6.07, 6.45) is 0. The first-order valence-electron chi connectivity index (χ1n) is 6.29. The number of carbonyl (C=O) groups excluding carboxylic acids is 4. The first-order chi connectivity index (χ1) is 12.3. The summed E-state index contributed by atoms with van der Waals surface area (Å²) in [4.78, 5) is 42.4. The van der Waals surface area contributed by atoms with Crippen LogP contribution in [-0.2, 0) is 42.1 Å². The Hall–Kier alpha value is -1.68. The summed E-state index contributed by atoms with van der Waals surface area (Å²) in [6.45, 7) is 0. The third-order valence-corrected chi connectivity index (χ3v) is 2.04. The van der Waals surface area contributed by atoms with Crippen molar-refractivity contribution in [2.24, 2.45) is 0 Å². The van der Waals surface area contributed by atoms with Crippen LogP contribution in [0.15, 0.2) is 12.1 Å². The molecule has 1 rings (SSSR count). The van der Waals surface area contributed by atoms with E-state index in [9.17, 15) is 39.6 Å². The van der Waals surface area contributed by atoms with Crippen LogP contribution in [0, 0.1) is 0 Å². The van der Waals surface area contributed by atoms with Crippen LogP contribution in [0.2, 0.25) is 0 Å². The monoisotopic (exact) mass is 760 g/mol. The number of hydrogen-bond donors (Lipinski definition) is 0. The molecule has 0 atom stereocenters. The van der Waals surface area contributed by atoms with Crippen molar-refractivity contribution in [1.82, 2.24) is 0 Å². The maximum atomic E-state index is 10.6. The predicted molar refractivity (Wildman–Crippen MR) is 84.7 cm³/mol. The molecule has 1 aromatic rings. The number of carboxylic acids is 4. The van der Waals surface area contributed by atoms with Crippen LogP contribution < -0.4 is 20.4 Å². The molecule has 0 aliphatic carbocycles. The third-order valence-electron chi connectivity index (χ3n) is 2.04. The zero-order valence-electron chi connectivity index (χ0n) is 15.1. The number of rotatable bonds is 4. The van der Waals surface area contributed by atoms with Gasteiger partial charge >= 0.3 is 42.1 Å². The number of nitrogens with one attached hydrogen (secondary N) is 4. The van der Waals surface area contributed by atoms with Crippen LogP contribution in [0.5, 0.6) is 0 Å². The molecule has 0 aliphatic rings. The van der Waals surface area contributed by atoms with Gasteiger partial charge in [0.05, 0.1) is 23.9 Å². The first-order valence-corrected chi connectivity index (χ1v) is 6.29. The molecule has 0 spiro atoms. The van der Waals surface area contributed by atoms with E-state index < -0.39 is 46.1 Å². The Morgan fingerprint density at radius 3 is 0.679 bits per heavy atom. The molecule has 0 fully saturated rings. The predicted octanol–water partition coefficient (Wildman–Crippen LogP) is -2.19. The van der Waals surface area contributed by atoms with Gasteiger partial charge in [0.15, 0.2) is 0 Å². The summed E-state index contributed by atoms with van der Waals surface area (Å²) in [5.41, 5.74) is 18.9. The average molecular weight is 760 g/mol. The van der Waals surface area contributed by atoms with E-state index in [1.807, 2.05) is 0 Å². The van der Waals surface area contributed by atoms with E-state index in [1.54, 1.807) is 0 Å². The number of carboxylic acid groups (broad SMARTS) is 4. The van der Waals surface area contributed by atoms with Gasteiger partial charge in [0, 0.05) is 22.3 Å². The summed E-state index contributed by atoms with van der Waals surface area (Å²) < 4.78 is 0. The van der Waals surface area contributed by atoms with E-state index in [4.69, 9.17) is 22.9 Å². The van der Waals surface area contributed by atoms with E-state index in [0.717, 1.165) is 0 Å². The van der Waals surface area contributed by atoms with Gasteiger partial charge in [0.25, 0.3) is 0 Å². The SMILES string of the molecule is C[NH-].C[NH-].C[NH-].C[NH-].O=C([O-])c1cc(C(=O)[O-])c(C(=O)[O-])cc1C(=O)[O-].[Pt+4].[Pt+4]. The molecule has 0 amide bonds. The summed E-state index contributed by atoms with van der Waals surface area (Å²) in [7, 11) is 5.00. The van der Waals surface area contributed by atoms with E-state index in [0.29, 0.717) is 12.1 Å². The fourth-order valence-electron chi connectivity index (χ4n) is 1.28. The normalized spacial score (nSPS) is 7.14. The molecule has 0 saturated carbocycles. The van der Waals surface area contributed by atoms with Gasteiger partial charge in [0.2, 0.25) is 0 Å². The van der Waals surface area contributed by atoms with Crippen molar-refractivity contribution in [1.29, 1.82) is 0 Å². The smallest absolute Gasteiger partial charge is 0.680 e. The second kappa shape index (κ2) is 25.3. The fourth-order valence-corrected chi connectivity index (χ4v) is 1.28. The van der Waals surface area contributed by atoms with Crippen molar-refractivity contribution in [3.63, 3.8) is 0 Å². The van der Waals surface area contributed by atoms with Crippen LogP contribution >= 0.6 is 0 Å². The standard InChI is InChI=1S/C10H6O8.4CH4N.2Pt/c11-7(12)3-1-4(8(13)14)6(10(17)18)2-5(3)9(15)16;4*1-2;;/h1-2H,(H,11,12)(H,13,14)(H,15,16)(H,17,18);4*2H,1H3;;/q;4*-1;2*+4/p-4. The molecule has 12 nitrogen and oxygen atoms in total. The molecule has 0 unspecified atom stereocenters. The number of aromatic carboxylic acids is 4. The second-order valence-electron chi connectivity index (χ2n) is 3.09. The molecule has 0 heterocycles.